The number of carbonyl (C=O) groups is 1. The Balaban J connectivity index is 2.33. The highest BCUT2D eigenvalue weighted by molar-refractivity contribution is 6.29. The number of halogens is 1. The summed E-state index contributed by atoms with van der Waals surface area (Å²) in [6.45, 7) is 4.31. The van der Waals surface area contributed by atoms with Gasteiger partial charge in [-0.1, -0.05) is 18.2 Å². The van der Waals surface area contributed by atoms with Crippen molar-refractivity contribution in [1.29, 1.82) is 0 Å². The number of hydrogen-bond donors (Lipinski definition) is 1. The molecule has 3 nitrogen and oxygen atoms in total. The zero-order valence-electron chi connectivity index (χ0n) is 6.60. The number of rotatable bonds is 3. The van der Waals surface area contributed by atoms with Gasteiger partial charge in [-0.15, -0.1) is 0 Å². The van der Waals surface area contributed by atoms with Crippen LogP contribution in [0, 0.1) is 0 Å². The average Bonchev–Trinajstić information content (AvgIpc) is 2.51. The monoisotopic (exact) mass is 187 g/mol. The summed E-state index contributed by atoms with van der Waals surface area (Å²) in [6.07, 6.45) is 2.55. The predicted octanol–water partition coefficient (Wildman–Crippen LogP) is 1.16. The summed E-state index contributed by atoms with van der Waals surface area (Å²) in [5.74, 6) is 0.155. The first-order chi connectivity index (χ1) is 5.70. The second kappa shape index (κ2) is 4.16. The molecular formula is C8H10ClNO2. The van der Waals surface area contributed by atoms with Crippen LogP contribution in [0.25, 0.3) is 0 Å². The van der Waals surface area contributed by atoms with Crippen molar-refractivity contribution >= 4 is 17.5 Å². The van der Waals surface area contributed by atoms with Gasteiger partial charge in [0.15, 0.2) is 5.76 Å². The van der Waals surface area contributed by atoms with Crippen LogP contribution in [0.3, 0.4) is 0 Å². The van der Waals surface area contributed by atoms with E-state index >= 15 is 0 Å². The van der Waals surface area contributed by atoms with E-state index in [-0.39, 0.29) is 12.5 Å². The first kappa shape index (κ1) is 9.13. The van der Waals surface area contributed by atoms with Crippen molar-refractivity contribution in [3.63, 3.8) is 0 Å². The maximum Gasteiger partial charge on any atom is 0.286 e. The van der Waals surface area contributed by atoms with Gasteiger partial charge >= 0.3 is 0 Å². The lowest BCUT2D eigenvalue weighted by atomic mass is 10.4. The summed E-state index contributed by atoms with van der Waals surface area (Å²) in [4.78, 5) is 11.1. The van der Waals surface area contributed by atoms with E-state index in [0.29, 0.717) is 17.4 Å². The lowest BCUT2D eigenvalue weighted by Gasteiger charge is -2.04. The highest BCUT2D eigenvalue weighted by atomic mass is 35.5. The van der Waals surface area contributed by atoms with Crippen molar-refractivity contribution in [3.8, 4) is 0 Å². The van der Waals surface area contributed by atoms with E-state index in [1.165, 1.54) is 0 Å². The summed E-state index contributed by atoms with van der Waals surface area (Å²) in [6, 6.07) is 0. The Morgan fingerprint density at radius 2 is 2.58 bits per heavy atom. The molecule has 66 valence electrons. The fraction of sp³-hybridized carbons (Fsp3) is 0.375. The third kappa shape index (κ3) is 2.58. The summed E-state index contributed by atoms with van der Waals surface area (Å²) < 4.78 is 5.02. The van der Waals surface area contributed by atoms with E-state index in [1.54, 1.807) is 6.08 Å². The van der Waals surface area contributed by atoms with Crippen molar-refractivity contribution in [2.45, 2.75) is 6.42 Å². The number of ether oxygens (including phenoxy) is 1. The van der Waals surface area contributed by atoms with Gasteiger partial charge in [0.05, 0.1) is 13.2 Å². The maximum absolute atomic E-state index is 11.1. The highest BCUT2D eigenvalue weighted by Crippen LogP contribution is 2.08. The van der Waals surface area contributed by atoms with Crippen LogP contribution in [-0.2, 0) is 9.53 Å². The van der Waals surface area contributed by atoms with Gasteiger partial charge in [0, 0.05) is 11.5 Å². The molecule has 0 aliphatic carbocycles. The molecular weight excluding hydrogens is 178 g/mol. The van der Waals surface area contributed by atoms with Crippen molar-refractivity contribution < 1.29 is 9.53 Å². The van der Waals surface area contributed by atoms with Gasteiger partial charge in [0.1, 0.15) is 0 Å². The number of nitrogens with one attached hydrogen (secondary N) is 1. The van der Waals surface area contributed by atoms with Gasteiger partial charge in [0.25, 0.3) is 5.91 Å². The summed E-state index contributed by atoms with van der Waals surface area (Å²) in [7, 11) is 0. The van der Waals surface area contributed by atoms with Crippen LogP contribution in [0.4, 0.5) is 0 Å². The number of hydrogen-bond acceptors (Lipinski definition) is 2. The molecule has 12 heavy (non-hydrogen) atoms. The van der Waals surface area contributed by atoms with E-state index < -0.39 is 0 Å². The van der Waals surface area contributed by atoms with Gasteiger partial charge in [-0.3, -0.25) is 4.79 Å². The van der Waals surface area contributed by atoms with E-state index in [0.717, 1.165) is 6.42 Å². The molecule has 0 fully saturated rings. The smallest absolute Gasteiger partial charge is 0.286 e. The lowest BCUT2D eigenvalue weighted by molar-refractivity contribution is -0.120. The third-order valence-corrected chi connectivity index (χ3v) is 1.50. The van der Waals surface area contributed by atoms with Gasteiger partial charge in [-0.25, -0.2) is 0 Å². The molecule has 1 rings (SSSR count). The fourth-order valence-electron chi connectivity index (χ4n) is 0.839. The second-order valence-corrected chi connectivity index (χ2v) is 2.94. The summed E-state index contributed by atoms with van der Waals surface area (Å²) >= 11 is 5.46. The Hall–Kier alpha value is -0.960. The first-order valence-electron chi connectivity index (χ1n) is 3.64. The Morgan fingerprint density at radius 3 is 3.08 bits per heavy atom. The van der Waals surface area contributed by atoms with E-state index in [1.807, 2.05) is 0 Å². The molecule has 1 aliphatic heterocycles. The maximum atomic E-state index is 11.1. The van der Waals surface area contributed by atoms with Crippen LogP contribution in [-0.4, -0.2) is 19.1 Å². The van der Waals surface area contributed by atoms with Crippen molar-refractivity contribution in [1.82, 2.24) is 5.32 Å². The molecule has 0 aromatic rings. The molecule has 0 aromatic heterocycles. The molecule has 1 aliphatic rings. The van der Waals surface area contributed by atoms with Crippen LogP contribution in [0.15, 0.2) is 23.4 Å². The summed E-state index contributed by atoms with van der Waals surface area (Å²) in [5.41, 5.74) is 0. The van der Waals surface area contributed by atoms with Crippen LogP contribution in [0.5, 0.6) is 0 Å². The van der Waals surface area contributed by atoms with Gasteiger partial charge in [0.2, 0.25) is 0 Å². The minimum Gasteiger partial charge on any atom is -0.488 e. The fourth-order valence-corrected chi connectivity index (χ4v) is 0.906. The number of carbonyl (C=O) groups excluding carboxylic acids is 1. The Kier molecular flexibility index (Phi) is 3.17. The minimum absolute atomic E-state index is 0.227. The molecule has 0 atom stereocenters. The Morgan fingerprint density at radius 1 is 1.83 bits per heavy atom. The standard InChI is InChI=1S/C8H10ClNO2/c1-6(9)5-10-8(11)7-3-2-4-12-7/h3H,1-2,4-5H2,(H,10,11). The van der Waals surface area contributed by atoms with Crippen molar-refractivity contribution in [2.24, 2.45) is 0 Å². The Bertz CT molecular complexity index is 235. The minimum atomic E-state index is -0.227. The highest BCUT2D eigenvalue weighted by Gasteiger charge is 2.13. The van der Waals surface area contributed by atoms with E-state index in [2.05, 4.69) is 11.9 Å². The molecule has 1 heterocycles. The third-order valence-electron chi connectivity index (χ3n) is 1.37. The second-order valence-electron chi connectivity index (χ2n) is 2.41. The largest absolute Gasteiger partial charge is 0.488 e. The normalized spacial score (nSPS) is 14.9. The molecule has 0 spiro atoms. The molecule has 0 aromatic carbocycles. The molecule has 1 N–H and O–H groups in total. The summed E-state index contributed by atoms with van der Waals surface area (Å²) in [5, 5.41) is 2.96. The van der Waals surface area contributed by atoms with Crippen molar-refractivity contribution in [3.05, 3.63) is 23.4 Å². The SMILES string of the molecule is C=C(Cl)CNC(=O)C1=CCCO1. The van der Waals surface area contributed by atoms with Crippen LogP contribution >= 0.6 is 11.6 Å². The van der Waals surface area contributed by atoms with Gasteiger partial charge in [-0.2, -0.15) is 0 Å². The van der Waals surface area contributed by atoms with Gasteiger partial charge < -0.3 is 10.1 Å². The number of amides is 1. The van der Waals surface area contributed by atoms with Crippen LogP contribution < -0.4 is 5.32 Å². The molecule has 0 unspecified atom stereocenters. The predicted molar refractivity (Wildman–Crippen MR) is 46.7 cm³/mol. The first-order valence-corrected chi connectivity index (χ1v) is 4.02. The Labute approximate surface area is 76.0 Å². The molecule has 0 bridgehead atoms. The zero-order valence-corrected chi connectivity index (χ0v) is 7.36. The van der Waals surface area contributed by atoms with E-state index in [4.69, 9.17) is 16.3 Å². The van der Waals surface area contributed by atoms with Crippen LogP contribution in [0.1, 0.15) is 6.42 Å². The van der Waals surface area contributed by atoms with Crippen LogP contribution in [0.2, 0.25) is 0 Å². The topological polar surface area (TPSA) is 38.3 Å². The molecule has 0 radical (unpaired) electrons. The zero-order chi connectivity index (χ0) is 8.97. The van der Waals surface area contributed by atoms with Crippen molar-refractivity contribution in [2.75, 3.05) is 13.2 Å². The molecule has 0 saturated carbocycles. The molecule has 1 amide bonds. The average molecular weight is 188 g/mol. The molecule has 4 heteroatoms. The quantitative estimate of drug-likeness (QED) is 0.720. The van der Waals surface area contributed by atoms with Gasteiger partial charge in [-0.05, 0) is 6.08 Å². The molecule has 0 saturated heterocycles. The van der Waals surface area contributed by atoms with E-state index in [9.17, 15) is 4.79 Å². The lowest BCUT2D eigenvalue weighted by Crippen LogP contribution is -2.26.